The molecule has 1 N–H and O–H groups in total. The second-order valence-corrected chi connectivity index (χ2v) is 8.97. The van der Waals surface area contributed by atoms with E-state index in [0.29, 0.717) is 29.6 Å². The lowest BCUT2D eigenvalue weighted by atomic mass is 10.2. The molecule has 0 fully saturated rings. The molecule has 0 aliphatic carbocycles. The molecule has 2 aromatic heterocycles. The van der Waals surface area contributed by atoms with E-state index in [1.54, 1.807) is 6.08 Å². The Morgan fingerprint density at radius 1 is 1.09 bits per heavy atom. The molecule has 4 rings (SSSR count). The molecule has 0 unspecified atom stereocenters. The van der Waals surface area contributed by atoms with Crippen molar-refractivity contribution in [2.75, 3.05) is 11.1 Å². The van der Waals surface area contributed by atoms with Crippen LogP contribution in [-0.4, -0.2) is 31.0 Å². The van der Waals surface area contributed by atoms with E-state index in [1.165, 1.54) is 11.8 Å². The molecule has 0 saturated heterocycles. The van der Waals surface area contributed by atoms with Gasteiger partial charge in [0.05, 0.1) is 11.3 Å². The number of carbonyl (C=O) groups excluding carboxylic acids is 1. The quantitative estimate of drug-likeness (QED) is 0.262. The van der Waals surface area contributed by atoms with E-state index in [1.807, 2.05) is 83.6 Å². The third-order valence-electron chi connectivity index (χ3n) is 5.78. The molecule has 1 amide bonds. The van der Waals surface area contributed by atoms with Gasteiger partial charge in [-0.3, -0.25) is 9.36 Å². The molecule has 0 radical (unpaired) electrons. The molecule has 8 heteroatoms. The lowest BCUT2D eigenvalue weighted by Gasteiger charge is -2.13. The maximum Gasteiger partial charge on any atom is 0.235 e. The van der Waals surface area contributed by atoms with Crippen LogP contribution in [0.4, 0.5) is 5.82 Å². The van der Waals surface area contributed by atoms with Crippen LogP contribution >= 0.6 is 11.8 Å². The number of carbonyl (C=O) groups is 1. The summed E-state index contributed by atoms with van der Waals surface area (Å²) in [5, 5.41) is 22.0. The van der Waals surface area contributed by atoms with Crippen molar-refractivity contribution >= 4 is 23.5 Å². The van der Waals surface area contributed by atoms with Crippen LogP contribution < -0.4 is 5.32 Å². The molecule has 4 aromatic rings. The Morgan fingerprint density at radius 3 is 2.43 bits per heavy atom. The van der Waals surface area contributed by atoms with Gasteiger partial charge in [0.1, 0.15) is 11.9 Å². The monoisotopic (exact) mass is 482 g/mol. The molecule has 0 saturated carbocycles. The summed E-state index contributed by atoms with van der Waals surface area (Å²) >= 11 is 1.30. The average molecular weight is 483 g/mol. The Morgan fingerprint density at radius 2 is 1.77 bits per heavy atom. The summed E-state index contributed by atoms with van der Waals surface area (Å²) in [6.45, 7) is 8.80. The topological polar surface area (TPSA) is 88.5 Å². The Labute approximate surface area is 209 Å². The molecule has 176 valence electrons. The minimum atomic E-state index is -0.215. The van der Waals surface area contributed by atoms with Gasteiger partial charge in [0.15, 0.2) is 11.0 Å². The smallest absolute Gasteiger partial charge is 0.235 e. The number of thioether (sulfide) groups is 1. The number of rotatable bonds is 9. The van der Waals surface area contributed by atoms with Gasteiger partial charge in [-0.05, 0) is 25.0 Å². The standard InChI is InChI=1S/C27H26N6OS/c1-4-15-32-25(22-13-9-6-10-14-22)30-31-27(32)35-18-24(34)29-26-23(16-28)19(2)20(3)33(26)17-21-11-7-5-8-12-21/h4-14H,1,15,17-18H2,2-3H3,(H,29,34). The zero-order chi connectivity index (χ0) is 24.8. The van der Waals surface area contributed by atoms with E-state index in [0.717, 1.165) is 28.2 Å². The van der Waals surface area contributed by atoms with E-state index in [4.69, 9.17) is 0 Å². The van der Waals surface area contributed by atoms with E-state index >= 15 is 0 Å². The Bertz CT molecular complexity index is 1380. The lowest BCUT2D eigenvalue weighted by Crippen LogP contribution is -2.19. The Kier molecular flexibility index (Phi) is 7.48. The number of nitrogens with zero attached hydrogens (tertiary/aromatic N) is 5. The van der Waals surface area contributed by atoms with Crippen LogP contribution in [0.3, 0.4) is 0 Å². The van der Waals surface area contributed by atoms with Crippen molar-refractivity contribution in [2.45, 2.75) is 32.1 Å². The summed E-state index contributed by atoms with van der Waals surface area (Å²) in [6, 6.07) is 22.0. The van der Waals surface area contributed by atoms with E-state index in [2.05, 4.69) is 28.2 Å². The first-order valence-corrected chi connectivity index (χ1v) is 12.2. The summed E-state index contributed by atoms with van der Waals surface area (Å²) in [4.78, 5) is 13.0. The van der Waals surface area contributed by atoms with Gasteiger partial charge < -0.3 is 9.88 Å². The molecule has 0 bridgehead atoms. The van der Waals surface area contributed by atoms with Gasteiger partial charge in [-0.25, -0.2) is 0 Å². The number of nitrogens with one attached hydrogen (secondary N) is 1. The first kappa shape index (κ1) is 24.0. The van der Waals surface area contributed by atoms with Crippen LogP contribution in [0.1, 0.15) is 22.4 Å². The van der Waals surface area contributed by atoms with Crippen molar-refractivity contribution in [3.63, 3.8) is 0 Å². The maximum atomic E-state index is 13.0. The minimum Gasteiger partial charge on any atom is -0.326 e. The molecule has 35 heavy (non-hydrogen) atoms. The highest BCUT2D eigenvalue weighted by Crippen LogP contribution is 2.28. The van der Waals surface area contributed by atoms with Crippen LogP contribution in [0, 0.1) is 25.2 Å². The molecular formula is C27H26N6OS. The predicted octanol–water partition coefficient (Wildman–Crippen LogP) is 5.20. The molecular weight excluding hydrogens is 456 g/mol. The number of aromatic nitrogens is 4. The molecule has 2 aromatic carbocycles. The summed E-state index contributed by atoms with van der Waals surface area (Å²) in [5.41, 5.74) is 4.33. The maximum absolute atomic E-state index is 13.0. The fourth-order valence-corrected chi connectivity index (χ4v) is 4.63. The summed E-state index contributed by atoms with van der Waals surface area (Å²) in [6.07, 6.45) is 1.78. The Balaban J connectivity index is 1.54. The summed E-state index contributed by atoms with van der Waals surface area (Å²) in [5.74, 6) is 1.16. The summed E-state index contributed by atoms with van der Waals surface area (Å²) in [7, 11) is 0. The van der Waals surface area contributed by atoms with Gasteiger partial charge >= 0.3 is 0 Å². The minimum absolute atomic E-state index is 0.129. The van der Waals surface area contributed by atoms with Crippen molar-refractivity contribution < 1.29 is 4.79 Å². The van der Waals surface area contributed by atoms with Crippen molar-refractivity contribution in [2.24, 2.45) is 0 Å². The zero-order valence-corrected chi connectivity index (χ0v) is 20.5. The number of allylic oxidation sites excluding steroid dienone is 1. The van der Waals surface area contributed by atoms with Crippen LogP contribution in [0.15, 0.2) is 78.5 Å². The fourth-order valence-electron chi connectivity index (χ4n) is 3.88. The number of nitriles is 1. The van der Waals surface area contributed by atoms with Crippen LogP contribution in [0.2, 0.25) is 0 Å². The van der Waals surface area contributed by atoms with Crippen LogP contribution in [-0.2, 0) is 17.9 Å². The predicted molar refractivity (Wildman–Crippen MR) is 139 cm³/mol. The lowest BCUT2D eigenvalue weighted by molar-refractivity contribution is -0.113. The number of hydrogen-bond donors (Lipinski definition) is 1. The normalized spacial score (nSPS) is 10.7. The van der Waals surface area contributed by atoms with E-state index in [9.17, 15) is 10.1 Å². The SMILES string of the molecule is C=CCn1c(SCC(=O)Nc2c(C#N)c(C)c(C)n2Cc2ccccc2)nnc1-c1ccccc1. The third kappa shape index (κ3) is 5.20. The van der Waals surface area contributed by atoms with Gasteiger partial charge in [-0.15, -0.1) is 16.8 Å². The van der Waals surface area contributed by atoms with Crippen LogP contribution in [0.25, 0.3) is 11.4 Å². The van der Waals surface area contributed by atoms with Crippen molar-refractivity contribution in [3.8, 4) is 17.5 Å². The van der Waals surface area contributed by atoms with Gasteiger partial charge in [-0.2, -0.15) is 5.26 Å². The molecule has 0 aliphatic heterocycles. The third-order valence-corrected chi connectivity index (χ3v) is 6.74. The zero-order valence-electron chi connectivity index (χ0n) is 19.7. The second kappa shape index (κ2) is 10.9. The van der Waals surface area contributed by atoms with E-state index in [-0.39, 0.29) is 11.7 Å². The summed E-state index contributed by atoms with van der Waals surface area (Å²) < 4.78 is 3.92. The largest absolute Gasteiger partial charge is 0.326 e. The second-order valence-electron chi connectivity index (χ2n) is 8.03. The number of hydrogen-bond acceptors (Lipinski definition) is 5. The van der Waals surface area contributed by atoms with Crippen molar-refractivity contribution in [1.29, 1.82) is 5.26 Å². The van der Waals surface area contributed by atoms with Gasteiger partial charge in [0.25, 0.3) is 0 Å². The Hall–Kier alpha value is -4.09. The first-order valence-electron chi connectivity index (χ1n) is 11.2. The molecule has 7 nitrogen and oxygen atoms in total. The van der Waals surface area contributed by atoms with Gasteiger partial charge in [0, 0.05) is 24.3 Å². The van der Waals surface area contributed by atoms with Crippen LogP contribution in [0.5, 0.6) is 0 Å². The van der Waals surface area contributed by atoms with Crippen molar-refractivity contribution in [3.05, 3.63) is 95.7 Å². The van der Waals surface area contributed by atoms with Gasteiger partial charge in [-0.1, -0.05) is 78.5 Å². The number of anilines is 1. The highest BCUT2D eigenvalue weighted by Gasteiger charge is 2.21. The number of amides is 1. The number of benzene rings is 2. The molecule has 0 spiro atoms. The molecule has 0 atom stereocenters. The first-order chi connectivity index (χ1) is 17.0. The van der Waals surface area contributed by atoms with E-state index < -0.39 is 0 Å². The highest BCUT2D eigenvalue weighted by molar-refractivity contribution is 7.99. The average Bonchev–Trinajstić information content (AvgIpc) is 3.38. The molecule has 0 aliphatic rings. The van der Waals surface area contributed by atoms with Crippen molar-refractivity contribution in [1.82, 2.24) is 19.3 Å². The van der Waals surface area contributed by atoms with Gasteiger partial charge in [0.2, 0.25) is 5.91 Å². The highest BCUT2D eigenvalue weighted by atomic mass is 32.2. The molecule has 2 heterocycles. The fraction of sp³-hybridized carbons (Fsp3) is 0.185.